The van der Waals surface area contributed by atoms with E-state index in [0.717, 1.165) is 12.1 Å². The summed E-state index contributed by atoms with van der Waals surface area (Å²) in [5, 5.41) is 2.16. The number of nitrogens with one attached hydrogen (secondary N) is 1. The number of hydrogen-bond donors (Lipinski definition) is 1. The van der Waals surface area contributed by atoms with E-state index in [1.54, 1.807) is 0 Å². The van der Waals surface area contributed by atoms with Gasteiger partial charge in [-0.25, -0.2) is 0 Å². The number of morpholine rings is 1. The summed E-state index contributed by atoms with van der Waals surface area (Å²) in [6, 6.07) is 2.99. The number of rotatable bonds is 3. The molecule has 0 spiro atoms. The molecule has 5 nitrogen and oxygen atoms in total. The van der Waals surface area contributed by atoms with Crippen molar-refractivity contribution in [1.82, 2.24) is 0 Å². The molecule has 20 heavy (non-hydrogen) atoms. The van der Waals surface area contributed by atoms with Gasteiger partial charge in [-0.2, -0.15) is 13.2 Å². The lowest BCUT2D eigenvalue weighted by Crippen LogP contribution is -2.41. The fraction of sp³-hybridized carbons (Fsp3) is 0.333. The largest absolute Gasteiger partial charge is 0.416 e. The van der Waals surface area contributed by atoms with Crippen molar-refractivity contribution in [2.75, 3.05) is 30.0 Å². The fourth-order valence-electron chi connectivity index (χ4n) is 1.87. The van der Waals surface area contributed by atoms with Gasteiger partial charge in [0.25, 0.3) is 5.91 Å². The van der Waals surface area contributed by atoms with Gasteiger partial charge >= 0.3 is 6.18 Å². The lowest BCUT2D eigenvalue weighted by Gasteiger charge is -2.27. The van der Waals surface area contributed by atoms with Crippen LogP contribution in [-0.2, 0) is 20.5 Å². The number of carbonyl (C=O) groups excluding carboxylic acids is 2. The SMILES string of the molecule is O=CNc1cc(N2CCOCC2=O)cc(C(F)(F)F)c1. The van der Waals surface area contributed by atoms with Gasteiger partial charge in [0.15, 0.2) is 0 Å². The van der Waals surface area contributed by atoms with Crippen LogP contribution in [-0.4, -0.2) is 32.1 Å². The normalized spacial score (nSPS) is 16.1. The zero-order valence-corrected chi connectivity index (χ0v) is 10.2. The first kappa shape index (κ1) is 14.3. The first-order valence-corrected chi connectivity index (χ1v) is 5.72. The predicted octanol–water partition coefficient (Wildman–Crippen LogP) is 1.64. The van der Waals surface area contributed by atoms with Crippen LogP contribution in [0.4, 0.5) is 24.5 Å². The van der Waals surface area contributed by atoms with Crippen molar-refractivity contribution in [2.45, 2.75) is 6.18 Å². The standard InChI is InChI=1S/C12H11F3N2O3/c13-12(14,15)8-3-9(16-7-18)5-10(4-8)17-1-2-20-6-11(17)19/h3-5,7H,1-2,6H2,(H,16,18). The van der Waals surface area contributed by atoms with Crippen LogP contribution in [0.2, 0.25) is 0 Å². The van der Waals surface area contributed by atoms with E-state index in [1.165, 1.54) is 11.0 Å². The number of anilines is 2. The number of nitrogens with zero attached hydrogens (tertiary/aromatic N) is 1. The highest BCUT2D eigenvalue weighted by molar-refractivity contribution is 5.95. The Balaban J connectivity index is 2.43. The highest BCUT2D eigenvalue weighted by Gasteiger charge is 2.32. The minimum absolute atomic E-state index is 0.0240. The maximum absolute atomic E-state index is 12.8. The third kappa shape index (κ3) is 3.08. The first-order valence-electron chi connectivity index (χ1n) is 5.72. The molecule has 1 heterocycles. The molecule has 1 N–H and O–H groups in total. The zero-order chi connectivity index (χ0) is 14.8. The summed E-state index contributed by atoms with van der Waals surface area (Å²) in [6.07, 6.45) is -4.29. The number of ether oxygens (including phenoxy) is 1. The summed E-state index contributed by atoms with van der Waals surface area (Å²) in [7, 11) is 0. The van der Waals surface area contributed by atoms with Gasteiger partial charge < -0.3 is 15.0 Å². The van der Waals surface area contributed by atoms with Gasteiger partial charge in [0.2, 0.25) is 6.41 Å². The lowest BCUT2D eigenvalue weighted by atomic mass is 10.1. The lowest BCUT2D eigenvalue weighted by molar-refractivity contribution is -0.137. The van der Waals surface area contributed by atoms with Crippen LogP contribution >= 0.6 is 0 Å². The Morgan fingerprint density at radius 1 is 1.30 bits per heavy atom. The van der Waals surface area contributed by atoms with E-state index in [0.29, 0.717) is 0 Å². The Bertz CT molecular complexity index is 531. The summed E-state index contributed by atoms with van der Waals surface area (Å²) >= 11 is 0. The van der Waals surface area contributed by atoms with E-state index in [9.17, 15) is 22.8 Å². The van der Waals surface area contributed by atoms with Gasteiger partial charge in [-0.15, -0.1) is 0 Å². The van der Waals surface area contributed by atoms with Gasteiger partial charge in [0, 0.05) is 17.9 Å². The van der Waals surface area contributed by atoms with Crippen molar-refractivity contribution in [3.63, 3.8) is 0 Å². The monoisotopic (exact) mass is 288 g/mol. The number of amides is 2. The maximum Gasteiger partial charge on any atom is 0.416 e. The van der Waals surface area contributed by atoms with E-state index in [1.807, 2.05) is 0 Å². The van der Waals surface area contributed by atoms with E-state index in [4.69, 9.17) is 4.74 Å². The Labute approximate surface area is 112 Å². The average molecular weight is 288 g/mol. The van der Waals surface area contributed by atoms with Crippen LogP contribution in [0.15, 0.2) is 18.2 Å². The Morgan fingerprint density at radius 2 is 2.05 bits per heavy atom. The van der Waals surface area contributed by atoms with Crippen molar-refractivity contribution in [3.8, 4) is 0 Å². The molecule has 2 rings (SSSR count). The molecule has 0 bridgehead atoms. The van der Waals surface area contributed by atoms with Crippen LogP contribution in [0.3, 0.4) is 0 Å². The smallest absolute Gasteiger partial charge is 0.370 e. The van der Waals surface area contributed by atoms with Crippen LogP contribution in [0.1, 0.15) is 5.56 Å². The first-order chi connectivity index (χ1) is 9.41. The maximum atomic E-state index is 12.8. The van der Waals surface area contributed by atoms with E-state index in [-0.39, 0.29) is 37.5 Å². The molecule has 1 fully saturated rings. The molecule has 1 aliphatic rings. The molecule has 1 aliphatic heterocycles. The summed E-state index contributed by atoms with van der Waals surface area (Å²) in [5.41, 5.74) is -0.875. The number of benzene rings is 1. The fourth-order valence-corrected chi connectivity index (χ4v) is 1.87. The molecule has 2 amide bonds. The minimum atomic E-state index is -4.56. The molecule has 0 saturated carbocycles. The molecule has 0 atom stereocenters. The van der Waals surface area contributed by atoms with E-state index < -0.39 is 17.6 Å². The average Bonchev–Trinajstić information content (AvgIpc) is 2.38. The van der Waals surface area contributed by atoms with E-state index in [2.05, 4.69) is 5.32 Å². The van der Waals surface area contributed by atoms with Gasteiger partial charge in [0.05, 0.1) is 12.2 Å². The molecule has 108 valence electrons. The molecule has 8 heteroatoms. The van der Waals surface area contributed by atoms with Gasteiger partial charge in [-0.05, 0) is 18.2 Å². The summed E-state index contributed by atoms with van der Waals surface area (Å²) < 4.78 is 43.3. The zero-order valence-electron chi connectivity index (χ0n) is 10.2. The second kappa shape index (κ2) is 5.49. The molecule has 0 unspecified atom stereocenters. The highest BCUT2D eigenvalue weighted by atomic mass is 19.4. The van der Waals surface area contributed by atoms with Gasteiger partial charge in [-0.1, -0.05) is 0 Å². The van der Waals surface area contributed by atoms with Crippen LogP contribution in [0, 0.1) is 0 Å². The van der Waals surface area contributed by atoms with Crippen molar-refractivity contribution < 1.29 is 27.5 Å². The number of halogens is 3. The number of hydrogen-bond acceptors (Lipinski definition) is 3. The van der Waals surface area contributed by atoms with Crippen LogP contribution in [0.25, 0.3) is 0 Å². The number of alkyl halides is 3. The van der Waals surface area contributed by atoms with E-state index >= 15 is 0 Å². The van der Waals surface area contributed by atoms with Crippen LogP contribution in [0.5, 0.6) is 0 Å². The van der Waals surface area contributed by atoms with Gasteiger partial charge in [-0.3, -0.25) is 9.59 Å². The van der Waals surface area contributed by atoms with Crippen molar-refractivity contribution in [3.05, 3.63) is 23.8 Å². The Hall–Kier alpha value is -2.09. The topological polar surface area (TPSA) is 58.6 Å². The molecule has 0 radical (unpaired) electrons. The van der Waals surface area contributed by atoms with Crippen molar-refractivity contribution >= 4 is 23.7 Å². The number of carbonyl (C=O) groups is 2. The molecule has 1 aromatic rings. The second-order valence-corrected chi connectivity index (χ2v) is 4.13. The summed E-state index contributed by atoms with van der Waals surface area (Å²) in [4.78, 5) is 23.3. The minimum Gasteiger partial charge on any atom is -0.370 e. The van der Waals surface area contributed by atoms with Gasteiger partial charge in [0.1, 0.15) is 6.61 Å². The molecule has 1 aromatic carbocycles. The summed E-state index contributed by atoms with van der Waals surface area (Å²) in [6.45, 7) is 0.242. The quantitative estimate of drug-likeness (QED) is 0.860. The molecule has 0 aromatic heterocycles. The highest BCUT2D eigenvalue weighted by Crippen LogP contribution is 2.34. The predicted molar refractivity (Wildman–Crippen MR) is 64.3 cm³/mol. The molecular weight excluding hydrogens is 277 g/mol. The second-order valence-electron chi connectivity index (χ2n) is 4.13. The van der Waals surface area contributed by atoms with Crippen LogP contribution < -0.4 is 10.2 Å². The Kier molecular flexibility index (Phi) is 3.93. The molecule has 0 aliphatic carbocycles. The molecule has 1 saturated heterocycles. The third-order valence-corrected chi connectivity index (χ3v) is 2.77. The third-order valence-electron chi connectivity index (χ3n) is 2.77. The van der Waals surface area contributed by atoms with Crippen molar-refractivity contribution in [2.24, 2.45) is 0 Å². The summed E-state index contributed by atoms with van der Waals surface area (Å²) in [5.74, 6) is -0.423. The Morgan fingerprint density at radius 3 is 2.65 bits per heavy atom. The van der Waals surface area contributed by atoms with Crippen molar-refractivity contribution in [1.29, 1.82) is 0 Å². The molecular formula is C12H11F3N2O3.